The van der Waals surface area contributed by atoms with Gasteiger partial charge in [-0.2, -0.15) is 0 Å². The number of carbonyl (C=O) groups is 1. The van der Waals surface area contributed by atoms with Gasteiger partial charge in [0.1, 0.15) is 0 Å². The average molecular weight is 393 g/mol. The van der Waals surface area contributed by atoms with Crippen molar-refractivity contribution >= 4 is 39.1 Å². The Hall–Kier alpha value is -2.49. The van der Waals surface area contributed by atoms with Crippen molar-refractivity contribution in [1.82, 2.24) is 0 Å². The van der Waals surface area contributed by atoms with Gasteiger partial charge in [-0.25, -0.2) is 18.4 Å². The van der Waals surface area contributed by atoms with Gasteiger partial charge in [-0.05, 0) is 43.3 Å². The maximum atomic E-state index is 12.1. The van der Waals surface area contributed by atoms with E-state index in [4.69, 9.17) is 10.9 Å². The Morgan fingerprint density at radius 2 is 1.88 bits per heavy atom. The zero-order valence-corrected chi connectivity index (χ0v) is 15.7. The number of sulfonamides is 1. The van der Waals surface area contributed by atoms with Gasteiger partial charge in [-0.1, -0.05) is 23.9 Å². The second kappa shape index (κ2) is 7.81. The summed E-state index contributed by atoms with van der Waals surface area (Å²) in [5, 5.41) is 17.6. The highest BCUT2D eigenvalue weighted by atomic mass is 32.2. The Kier molecular flexibility index (Phi) is 5.96. The number of nitrogens with two attached hydrogens (primary N) is 2. The van der Waals surface area contributed by atoms with Crippen molar-refractivity contribution in [3.05, 3.63) is 54.1 Å². The Morgan fingerprint density at radius 1 is 1.27 bits per heavy atom. The lowest BCUT2D eigenvalue weighted by atomic mass is 10.2. The van der Waals surface area contributed by atoms with Gasteiger partial charge in [0.15, 0.2) is 0 Å². The van der Waals surface area contributed by atoms with E-state index in [0.29, 0.717) is 22.8 Å². The third-order valence-electron chi connectivity index (χ3n) is 3.29. The number of rotatable bonds is 7. The molecular weight excluding hydrogens is 374 g/mol. The van der Waals surface area contributed by atoms with E-state index in [0.717, 1.165) is 28.3 Å². The Morgan fingerprint density at radius 3 is 2.38 bits per heavy atom. The summed E-state index contributed by atoms with van der Waals surface area (Å²) in [5.41, 5.74) is 7.21. The van der Waals surface area contributed by atoms with E-state index in [1.165, 1.54) is 6.07 Å². The van der Waals surface area contributed by atoms with E-state index in [1.807, 2.05) is 0 Å². The number of hydrogen-bond acceptors (Lipinski definition) is 6. The summed E-state index contributed by atoms with van der Waals surface area (Å²) < 4.78 is 24.1. The highest BCUT2D eigenvalue weighted by molar-refractivity contribution is 8.00. The molecule has 0 aliphatic heterocycles. The molecule has 2 aromatic carbocycles. The number of aromatic carboxylic acids is 1. The number of nitrogens with one attached hydrogen (secondary N) is 1. The second-order valence-electron chi connectivity index (χ2n) is 5.68. The normalized spacial score (nSPS) is 11.2. The highest BCUT2D eigenvalue weighted by Crippen LogP contribution is 2.39. The molecule has 0 bridgehead atoms. The molecule has 2 rings (SSSR count). The molecule has 0 spiro atoms. The lowest BCUT2D eigenvalue weighted by Gasteiger charge is -2.16. The smallest absolute Gasteiger partial charge is 0.335 e. The molecule has 7 nitrogen and oxygen atoms in total. The molecule has 0 fully saturated rings. The predicted molar refractivity (Wildman–Crippen MR) is 103 cm³/mol. The number of anilines is 2. The minimum atomic E-state index is -4.15. The van der Waals surface area contributed by atoms with Crippen LogP contribution in [0.4, 0.5) is 11.4 Å². The largest absolute Gasteiger partial charge is 0.478 e. The van der Waals surface area contributed by atoms with Crippen LogP contribution < -0.4 is 16.2 Å². The number of benzene rings is 2. The first-order valence-electron chi connectivity index (χ1n) is 7.43. The summed E-state index contributed by atoms with van der Waals surface area (Å²) in [7, 11) is -4.15. The summed E-state index contributed by atoms with van der Waals surface area (Å²) in [6.45, 7) is 5.92. The van der Waals surface area contributed by atoms with Gasteiger partial charge in [0.25, 0.3) is 0 Å². The van der Waals surface area contributed by atoms with E-state index in [-0.39, 0.29) is 10.5 Å². The van der Waals surface area contributed by atoms with Crippen LogP contribution in [0, 0.1) is 0 Å². The molecule has 0 heterocycles. The molecule has 0 saturated heterocycles. The first-order chi connectivity index (χ1) is 12.1. The third-order valence-corrected chi connectivity index (χ3v) is 5.51. The maximum Gasteiger partial charge on any atom is 0.335 e. The van der Waals surface area contributed by atoms with Crippen molar-refractivity contribution in [2.75, 3.05) is 17.6 Å². The molecule has 2 aromatic rings. The van der Waals surface area contributed by atoms with Gasteiger partial charge in [-0.15, -0.1) is 0 Å². The topological polar surface area (TPSA) is 136 Å². The van der Waals surface area contributed by atoms with E-state index >= 15 is 0 Å². The molecule has 0 atom stereocenters. The van der Waals surface area contributed by atoms with E-state index in [9.17, 15) is 18.3 Å². The molecule has 0 aromatic heterocycles. The number of hydrogen-bond donors (Lipinski definition) is 4. The SMILES string of the molecule is C=C(C)CNc1cc(C(=O)O)cc(S(N)(=O)=O)c1Sc1ccc(N)cc1. The van der Waals surface area contributed by atoms with Gasteiger partial charge in [0.05, 0.1) is 21.0 Å². The summed E-state index contributed by atoms with van der Waals surface area (Å²) >= 11 is 1.15. The molecule has 0 radical (unpaired) electrons. The van der Waals surface area contributed by atoms with Gasteiger partial charge in [-0.3, -0.25) is 0 Å². The van der Waals surface area contributed by atoms with Gasteiger partial charge < -0.3 is 16.2 Å². The van der Waals surface area contributed by atoms with Gasteiger partial charge in [0.2, 0.25) is 10.0 Å². The van der Waals surface area contributed by atoms with Crippen LogP contribution in [0.3, 0.4) is 0 Å². The zero-order valence-electron chi connectivity index (χ0n) is 14.0. The van der Waals surface area contributed by atoms with Crippen LogP contribution >= 0.6 is 11.8 Å². The molecule has 9 heteroatoms. The average Bonchev–Trinajstić information content (AvgIpc) is 2.54. The first-order valence-corrected chi connectivity index (χ1v) is 9.80. The number of carboxylic acids is 1. The molecule has 0 unspecified atom stereocenters. The molecule has 0 aliphatic rings. The van der Waals surface area contributed by atoms with Crippen molar-refractivity contribution in [2.24, 2.45) is 5.14 Å². The molecule has 0 aliphatic carbocycles. The van der Waals surface area contributed by atoms with Crippen LogP contribution in [0.15, 0.2) is 63.2 Å². The van der Waals surface area contributed by atoms with Gasteiger partial charge >= 0.3 is 5.97 Å². The van der Waals surface area contributed by atoms with Crippen molar-refractivity contribution in [3.8, 4) is 0 Å². The summed E-state index contributed by atoms with van der Waals surface area (Å²) in [6.07, 6.45) is 0. The third kappa shape index (κ3) is 5.01. The fourth-order valence-electron chi connectivity index (χ4n) is 2.07. The standard InChI is InChI=1S/C17H19N3O4S2/c1-10(2)9-20-14-7-11(17(21)22)8-15(26(19,23)24)16(14)25-13-5-3-12(18)4-6-13/h3-8,20H,1,9,18H2,2H3,(H,21,22)(H2,19,23,24). The molecule has 26 heavy (non-hydrogen) atoms. The molecule has 0 saturated carbocycles. The fourth-order valence-corrected chi connectivity index (χ4v) is 4.11. The van der Waals surface area contributed by atoms with Crippen LogP contribution in [-0.4, -0.2) is 26.0 Å². The molecule has 0 amide bonds. The van der Waals surface area contributed by atoms with Crippen molar-refractivity contribution in [3.63, 3.8) is 0 Å². The Labute approximate surface area is 156 Å². The van der Waals surface area contributed by atoms with Crippen molar-refractivity contribution in [2.45, 2.75) is 21.6 Å². The first kappa shape index (κ1) is 19.8. The quantitative estimate of drug-likeness (QED) is 0.419. The Balaban J connectivity index is 2.64. The van der Waals surface area contributed by atoms with E-state index in [2.05, 4.69) is 11.9 Å². The van der Waals surface area contributed by atoms with Crippen LogP contribution in [0.1, 0.15) is 17.3 Å². The summed E-state index contributed by atoms with van der Waals surface area (Å²) in [4.78, 5) is 12.2. The van der Waals surface area contributed by atoms with Crippen LogP contribution in [-0.2, 0) is 10.0 Å². The predicted octanol–water partition coefficient (Wildman–Crippen LogP) is 2.75. The van der Waals surface area contributed by atoms with Crippen LogP contribution in [0.2, 0.25) is 0 Å². The monoisotopic (exact) mass is 393 g/mol. The minimum absolute atomic E-state index is 0.181. The van der Waals surface area contributed by atoms with Crippen LogP contribution in [0.5, 0.6) is 0 Å². The highest BCUT2D eigenvalue weighted by Gasteiger charge is 2.22. The lowest BCUT2D eigenvalue weighted by molar-refractivity contribution is 0.0696. The van der Waals surface area contributed by atoms with E-state index < -0.39 is 16.0 Å². The minimum Gasteiger partial charge on any atom is -0.478 e. The van der Waals surface area contributed by atoms with Crippen molar-refractivity contribution in [1.29, 1.82) is 0 Å². The van der Waals surface area contributed by atoms with Gasteiger partial charge in [0, 0.05) is 17.1 Å². The molecule has 138 valence electrons. The summed E-state index contributed by atoms with van der Waals surface area (Å²) in [6, 6.07) is 9.28. The van der Waals surface area contributed by atoms with Crippen molar-refractivity contribution < 1.29 is 18.3 Å². The lowest BCUT2D eigenvalue weighted by Crippen LogP contribution is -2.16. The zero-order chi connectivity index (χ0) is 19.5. The maximum absolute atomic E-state index is 12.1. The Bertz CT molecular complexity index is 955. The number of carboxylic acid groups (broad SMARTS) is 1. The van der Waals surface area contributed by atoms with Crippen LogP contribution in [0.25, 0.3) is 0 Å². The second-order valence-corrected chi connectivity index (χ2v) is 8.30. The number of primary sulfonamides is 1. The fraction of sp³-hybridized carbons (Fsp3) is 0.118. The molecular formula is C17H19N3O4S2. The van der Waals surface area contributed by atoms with E-state index in [1.54, 1.807) is 31.2 Å². The number of nitrogen functional groups attached to an aromatic ring is 1. The molecule has 6 N–H and O–H groups in total. The summed E-state index contributed by atoms with van der Waals surface area (Å²) in [5.74, 6) is -1.25.